The highest BCUT2D eigenvalue weighted by Crippen LogP contribution is 2.20. The third kappa shape index (κ3) is 5.25. The Hall–Kier alpha value is -2.08. The topological polar surface area (TPSA) is 78.9 Å². The largest absolute Gasteiger partial charge is 0.481 e. The molecular weight excluding hydrogens is 296 g/mol. The van der Waals surface area contributed by atoms with Gasteiger partial charge in [-0.3, -0.25) is 9.69 Å². The van der Waals surface area contributed by atoms with Crippen molar-refractivity contribution in [1.29, 1.82) is 0 Å². The second kappa shape index (κ2) is 7.00. The molecule has 2 rings (SSSR count). The van der Waals surface area contributed by atoms with E-state index >= 15 is 0 Å². The fraction of sp³-hybridized carbons (Fsp3) is 0.529. The minimum absolute atomic E-state index is 0.407. The first-order valence-corrected chi connectivity index (χ1v) is 7.73. The Morgan fingerprint density at radius 2 is 1.91 bits per heavy atom. The Kier molecular flexibility index (Phi) is 5.26. The highest BCUT2D eigenvalue weighted by atomic mass is 16.6. The number of nitrogens with one attached hydrogen (secondary N) is 1. The van der Waals surface area contributed by atoms with Crippen molar-refractivity contribution in [2.24, 2.45) is 5.92 Å². The van der Waals surface area contributed by atoms with Crippen molar-refractivity contribution in [3.05, 3.63) is 35.9 Å². The summed E-state index contributed by atoms with van der Waals surface area (Å²) in [4.78, 5) is 25.4. The lowest BCUT2D eigenvalue weighted by Crippen LogP contribution is -2.45. The van der Waals surface area contributed by atoms with Crippen LogP contribution < -0.4 is 5.32 Å². The van der Waals surface area contributed by atoms with E-state index in [1.165, 1.54) is 0 Å². The number of carbonyl (C=O) groups excluding carboxylic acids is 1. The van der Waals surface area contributed by atoms with Crippen LogP contribution >= 0.6 is 0 Å². The molecule has 1 fully saturated rings. The van der Waals surface area contributed by atoms with Crippen molar-refractivity contribution in [1.82, 2.24) is 10.2 Å². The summed E-state index contributed by atoms with van der Waals surface area (Å²) in [6.07, 6.45) is -0.574. The van der Waals surface area contributed by atoms with Gasteiger partial charge in [-0.05, 0) is 26.3 Å². The van der Waals surface area contributed by atoms with Gasteiger partial charge in [0.15, 0.2) is 0 Å². The molecule has 0 aromatic heterocycles. The summed E-state index contributed by atoms with van der Waals surface area (Å²) >= 11 is 0. The molecule has 2 atom stereocenters. The van der Waals surface area contributed by atoms with Crippen LogP contribution in [-0.4, -0.2) is 46.8 Å². The Labute approximate surface area is 136 Å². The molecule has 0 radical (unpaired) electrons. The fourth-order valence-electron chi connectivity index (χ4n) is 2.71. The summed E-state index contributed by atoms with van der Waals surface area (Å²) in [6.45, 7) is 6.89. The summed E-state index contributed by atoms with van der Waals surface area (Å²) in [5.41, 5.74) is 0.514. The highest BCUT2D eigenvalue weighted by molar-refractivity contribution is 5.74. The predicted molar refractivity (Wildman–Crippen MR) is 86.0 cm³/mol. The van der Waals surface area contributed by atoms with Crippen LogP contribution in [-0.2, 0) is 16.1 Å². The lowest BCUT2D eigenvalue weighted by molar-refractivity contribution is -0.141. The highest BCUT2D eigenvalue weighted by Gasteiger charge is 2.39. The first kappa shape index (κ1) is 17.3. The fourth-order valence-corrected chi connectivity index (χ4v) is 2.71. The molecule has 0 unspecified atom stereocenters. The number of hydrogen-bond donors (Lipinski definition) is 2. The first-order chi connectivity index (χ1) is 10.7. The van der Waals surface area contributed by atoms with E-state index < -0.39 is 29.6 Å². The van der Waals surface area contributed by atoms with E-state index in [0.717, 1.165) is 5.56 Å². The van der Waals surface area contributed by atoms with Crippen molar-refractivity contribution < 1.29 is 19.4 Å². The van der Waals surface area contributed by atoms with E-state index in [2.05, 4.69) is 5.32 Å². The van der Waals surface area contributed by atoms with Crippen LogP contribution in [0.1, 0.15) is 26.3 Å². The van der Waals surface area contributed by atoms with Crippen LogP contribution in [0.4, 0.5) is 4.79 Å². The molecule has 0 bridgehead atoms. The van der Waals surface area contributed by atoms with Gasteiger partial charge in [0.25, 0.3) is 0 Å². The number of carboxylic acids is 1. The van der Waals surface area contributed by atoms with E-state index in [4.69, 9.17) is 4.74 Å². The first-order valence-electron chi connectivity index (χ1n) is 7.73. The molecule has 23 heavy (non-hydrogen) atoms. The summed E-state index contributed by atoms with van der Waals surface area (Å²) in [7, 11) is 0. The number of aliphatic carboxylic acids is 1. The maximum atomic E-state index is 11.9. The molecular formula is C17H24N2O4. The second-order valence-corrected chi connectivity index (χ2v) is 6.88. The molecule has 1 aliphatic rings. The summed E-state index contributed by atoms with van der Waals surface area (Å²) < 4.78 is 5.22. The lowest BCUT2D eigenvalue weighted by Gasteiger charge is -2.23. The number of benzene rings is 1. The second-order valence-electron chi connectivity index (χ2n) is 6.88. The van der Waals surface area contributed by atoms with E-state index in [-0.39, 0.29) is 0 Å². The van der Waals surface area contributed by atoms with E-state index in [0.29, 0.717) is 19.6 Å². The number of likely N-dealkylation sites (tertiary alicyclic amines) is 1. The predicted octanol–water partition coefficient (Wildman–Crippen LogP) is 2.10. The molecule has 0 spiro atoms. The molecule has 6 heteroatoms. The number of nitrogens with zero attached hydrogens (tertiary/aromatic N) is 1. The monoisotopic (exact) mass is 320 g/mol. The Morgan fingerprint density at radius 1 is 1.26 bits per heavy atom. The number of amides is 1. The third-order valence-corrected chi connectivity index (χ3v) is 3.66. The van der Waals surface area contributed by atoms with Gasteiger partial charge >= 0.3 is 12.1 Å². The van der Waals surface area contributed by atoms with Crippen molar-refractivity contribution in [2.75, 3.05) is 13.1 Å². The Morgan fingerprint density at radius 3 is 2.48 bits per heavy atom. The maximum absolute atomic E-state index is 11.9. The summed E-state index contributed by atoms with van der Waals surface area (Å²) in [5, 5.41) is 12.1. The quantitative estimate of drug-likeness (QED) is 0.888. The van der Waals surface area contributed by atoms with Gasteiger partial charge in [0, 0.05) is 19.6 Å². The Balaban J connectivity index is 1.98. The standard InChI is InChI=1S/C17H24N2O4/c1-17(2,3)23-16(22)18-14-11-19(10-13(14)15(20)21)9-12-7-5-4-6-8-12/h4-8,13-14H,9-11H2,1-3H3,(H,18,22)(H,20,21)/t13-,14-/m0/s1. The van der Waals surface area contributed by atoms with Gasteiger partial charge in [-0.1, -0.05) is 30.3 Å². The summed E-state index contributed by atoms with van der Waals surface area (Å²) in [6, 6.07) is 9.41. The molecule has 1 aliphatic heterocycles. The van der Waals surface area contributed by atoms with Gasteiger partial charge in [0.2, 0.25) is 0 Å². The normalized spacial score (nSPS) is 21.9. The SMILES string of the molecule is CC(C)(C)OC(=O)N[C@H]1CN(Cc2ccccc2)C[C@@H]1C(=O)O. The van der Waals surface area contributed by atoms with Crippen molar-refractivity contribution >= 4 is 12.1 Å². The van der Waals surface area contributed by atoms with Crippen LogP contribution in [0.2, 0.25) is 0 Å². The van der Waals surface area contributed by atoms with Gasteiger partial charge in [0.1, 0.15) is 5.60 Å². The molecule has 2 N–H and O–H groups in total. The number of ether oxygens (including phenoxy) is 1. The number of alkyl carbamates (subject to hydrolysis) is 1. The average Bonchev–Trinajstić information content (AvgIpc) is 2.80. The average molecular weight is 320 g/mol. The van der Waals surface area contributed by atoms with Gasteiger partial charge in [0.05, 0.1) is 12.0 Å². The van der Waals surface area contributed by atoms with Crippen molar-refractivity contribution in [2.45, 2.75) is 39.0 Å². The zero-order chi connectivity index (χ0) is 17.0. The molecule has 1 saturated heterocycles. The molecule has 126 valence electrons. The minimum atomic E-state index is -0.901. The molecule has 0 aliphatic carbocycles. The van der Waals surface area contributed by atoms with Crippen molar-refractivity contribution in [3.63, 3.8) is 0 Å². The number of carbonyl (C=O) groups is 2. The zero-order valence-electron chi connectivity index (χ0n) is 13.8. The lowest BCUT2D eigenvalue weighted by atomic mass is 10.0. The molecule has 6 nitrogen and oxygen atoms in total. The molecule has 1 amide bonds. The number of carboxylic acid groups (broad SMARTS) is 1. The van der Waals surface area contributed by atoms with E-state index in [9.17, 15) is 14.7 Å². The smallest absolute Gasteiger partial charge is 0.407 e. The van der Waals surface area contributed by atoms with Crippen LogP contribution in [0.3, 0.4) is 0 Å². The maximum Gasteiger partial charge on any atom is 0.407 e. The molecule has 1 aromatic carbocycles. The Bertz CT molecular complexity index is 553. The van der Waals surface area contributed by atoms with Gasteiger partial charge in [-0.2, -0.15) is 0 Å². The zero-order valence-corrected chi connectivity index (χ0v) is 13.8. The van der Waals surface area contributed by atoms with Crippen molar-refractivity contribution in [3.8, 4) is 0 Å². The number of hydrogen-bond acceptors (Lipinski definition) is 4. The van der Waals surface area contributed by atoms with Gasteiger partial charge < -0.3 is 15.2 Å². The van der Waals surface area contributed by atoms with Crippen LogP contribution in [0.5, 0.6) is 0 Å². The van der Waals surface area contributed by atoms with Gasteiger partial charge in [-0.15, -0.1) is 0 Å². The van der Waals surface area contributed by atoms with E-state index in [1.807, 2.05) is 35.2 Å². The molecule has 0 saturated carbocycles. The van der Waals surface area contributed by atoms with Gasteiger partial charge in [-0.25, -0.2) is 4.79 Å². The van der Waals surface area contributed by atoms with Crippen LogP contribution in [0.25, 0.3) is 0 Å². The summed E-state index contributed by atoms with van der Waals surface area (Å²) in [5.74, 6) is -1.53. The van der Waals surface area contributed by atoms with Crippen LogP contribution in [0.15, 0.2) is 30.3 Å². The molecule has 1 heterocycles. The van der Waals surface area contributed by atoms with E-state index in [1.54, 1.807) is 20.8 Å². The number of rotatable bonds is 4. The van der Waals surface area contributed by atoms with Crippen LogP contribution in [0, 0.1) is 5.92 Å². The third-order valence-electron chi connectivity index (χ3n) is 3.66. The molecule has 1 aromatic rings. The minimum Gasteiger partial charge on any atom is -0.481 e.